The number of hydrogen-bond acceptors (Lipinski definition) is 4. The molecule has 0 spiro atoms. The van der Waals surface area contributed by atoms with Gasteiger partial charge >= 0.3 is 0 Å². The first-order chi connectivity index (χ1) is 5.52. The van der Waals surface area contributed by atoms with Gasteiger partial charge in [-0.25, -0.2) is 8.42 Å². The fourth-order valence-corrected chi connectivity index (χ4v) is 2.32. The lowest BCUT2D eigenvalue weighted by molar-refractivity contribution is 0.263. The quantitative estimate of drug-likeness (QED) is 0.600. The number of nitrogens with two attached hydrogens (primary N) is 1. The average molecular weight is 195 g/mol. The highest BCUT2D eigenvalue weighted by atomic mass is 32.2. The summed E-state index contributed by atoms with van der Waals surface area (Å²) < 4.78 is 22.2. The Morgan fingerprint density at radius 3 is 2.42 bits per heavy atom. The monoisotopic (exact) mass is 195 g/mol. The van der Waals surface area contributed by atoms with Crippen LogP contribution in [0.15, 0.2) is 0 Å². The molecule has 74 valence electrons. The van der Waals surface area contributed by atoms with Gasteiger partial charge in [-0.15, -0.1) is 0 Å². The molecule has 0 aliphatic heterocycles. The van der Waals surface area contributed by atoms with Gasteiger partial charge in [-0.2, -0.15) is 0 Å². The summed E-state index contributed by atoms with van der Waals surface area (Å²) in [6.07, 6.45) is 0.982. The van der Waals surface area contributed by atoms with Crippen molar-refractivity contribution in [3.63, 3.8) is 0 Å². The van der Waals surface area contributed by atoms with E-state index in [1.165, 1.54) is 0 Å². The number of aliphatic hydroxyl groups is 1. The smallest absolute Gasteiger partial charge is 0.150 e. The second-order valence-electron chi connectivity index (χ2n) is 2.88. The summed E-state index contributed by atoms with van der Waals surface area (Å²) in [5.74, 6) is 0.299. The van der Waals surface area contributed by atoms with Crippen molar-refractivity contribution in [3.8, 4) is 0 Å². The molecule has 0 aliphatic carbocycles. The molecule has 3 N–H and O–H groups in total. The van der Waals surface area contributed by atoms with E-state index in [4.69, 9.17) is 10.8 Å². The Morgan fingerprint density at radius 1 is 1.42 bits per heavy atom. The Labute approximate surface area is 73.7 Å². The van der Waals surface area contributed by atoms with Gasteiger partial charge in [0.1, 0.15) is 9.84 Å². The van der Waals surface area contributed by atoms with E-state index < -0.39 is 15.9 Å². The Balaban J connectivity index is 3.76. The molecule has 5 heteroatoms. The van der Waals surface area contributed by atoms with Crippen LogP contribution < -0.4 is 5.73 Å². The molecule has 1 unspecified atom stereocenters. The van der Waals surface area contributed by atoms with Crippen LogP contribution in [-0.4, -0.2) is 37.7 Å². The molecular weight excluding hydrogens is 178 g/mol. The molecule has 0 rings (SSSR count). The second-order valence-corrected chi connectivity index (χ2v) is 5.19. The van der Waals surface area contributed by atoms with Gasteiger partial charge in [0.05, 0.1) is 12.4 Å². The fourth-order valence-electron chi connectivity index (χ4n) is 0.835. The van der Waals surface area contributed by atoms with Gasteiger partial charge in [-0.1, -0.05) is 6.92 Å². The predicted molar refractivity (Wildman–Crippen MR) is 48.6 cm³/mol. The largest absolute Gasteiger partial charge is 0.395 e. The van der Waals surface area contributed by atoms with Crippen LogP contribution in [0.5, 0.6) is 0 Å². The van der Waals surface area contributed by atoms with E-state index in [1.54, 1.807) is 0 Å². The van der Waals surface area contributed by atoms with Gasteiger partial charge in [-0.05, 0) is 12.8 Å². The third-order valence-electron chi connectivity index (χ3n) is 1.55. The zero-order chi connectivity index (χ0) is 9.61. The third kappa shape index (κ3) is 5.51. The normalized spacial score (nSPS) is 14.6. The summed E-state index contributed by atoms with van der Waals surface area (Å²) in [6, 6.07) is -0.406. The van der Waals surface area contributed by atoms with Gasteiger partial charge in [-0.3, -0.25) is 0 Å². The third-order valence-corrected chi connectivity index (χ3v) is 3.44. The van der Waals surface area contributed by atoms with Crippen LogP contribution in [0.2, 0.25) is 0 Å². The van der Waals surface area contributed by atoms with E-state index in [1.807, 2.05) is 6.92 Å². The van der Waals surface area contributed by atoms with Crippen LogP contribution in [0.3, 0.4) is 0 Å². The first-order valence-electron chi connectivity index (χ1n) is 4.08. The van der Waals surface area contributed by atoms with Gasteiger partial charge in [0, 0.05) is 11.8 Å². The molecule has 0 amide bonds. The van der Waals surface area contributed by atoms with Crippen LogP contribution in [0.4, 0.5) is 0 Å². The maximum atomic E-state index is 11.1. The minimum absolute atomic E-state index is 0.0859. The fraction of sp³-hybridized carbons (Fsp3) is 1.00. The minimum atomic E-state index is -2.93. The summed E-state index contributed by atoms with van der Waals surface area (Å²) in [5, 5.41) is 8.54. The van der Waals surface area contributed by atoms with Gasteiger partial charge in [0.15, 0.2) is 0 Å². The molecule has 0 bridgehead atoms. The zero-order valence-corrected chi connectivity index (χ0v) is 8.18. The molecule has 0 saturated carbocycles. The first-order valence-corrected chi connectivity index (χ1v) is 5.91. The van der Waals surface area contributed by atoms with Crippen molar-refractivity contribution in [3.05, 3.63) is 0 Å². The maximum absolute atomic E-state index is 11.1. The highest BCUT2D eigenvalue weighted by Crippen LogP contribution is 1.98. The van der Waals surface area contributed by atoms with Gasteiger partial charge < -0.3 is 10.8 Å². The molecule has 0 aromatic rings. The van der Waals surface area contributed by atoms with Crippen LogP contribution >= 0.6 is 0 Å². The Morgan fingerprint density at radius 2 is 2.00 bits per heavy atom. The van der Waals surface area contributed by atoms with Crippen molar-refractivity contribution in [1.29, 1.82) is 0 Å². The van der Waals surface area contributed by atoms with E-state index in [0.29, 0.717) is 12.8 Å². The molecule has 0 radical (unpaired) electrons. The zero-order valence-electron chi connectivity index (χ0n) is 7.36. The molecule has 0 aromatic heterocycles. The number of sulfone groups is 1. The van der Waals surface area contributed by atoms with E-state index in [-0.39, 0.29) is 18.1 Å². The summed E-state index contributed by atoms with van der Waals surface area (Å²) in [6.45, 7) is 1.67. The van der Waals surface area contributed by atoms with Gasteiger partial charge in [0.25, 0.3) is 0 Å². The summed E-state index contributed by atoms with van der Waals surface area (Å²) in [7, 11) is -2.93. The lowest BCUT2D eigenvalue weighted by Crippen LogP contribution is -2.27. The number of hydrogen-bond donors (Lipinski definition) is 2. The SMILES string of the molecule is CCCS(=O)(=O)CCC(N)CO. The Hall–Kier alpha value is -0.130. The van der Waals surface area contributed by atoms with E-state index in [9.17, 15) is 8.42 Å². The van der Waals surface area contributed by atoms with Crippen molar-refractivity contribution in [2.75, 3.05) is 18.1 Å². The highest BCUT2D eigenvalue weighted by molar-refractivity contribution is 7.91. The van der Waals surface area contributed by atoms with Crippen molar-refractivity contribution in [1.82, 2.24) is 0 Å². The first kappa shape index (κ1) is 11.9. The maximum Gasteiger partial charge on any atom is 0.150 e. The second kappa shape index (κ2) is 5.50. The molecule has 1 atom stereocenters. The molecule has 12 heavy (non-hydrogen) atoms. The van der Waals surface area contributed by atoms with Crippen molar-refractivity contribution in [2.45, 2.75) is 25.8 Å². The molecule has 0 fully saturated rings. The standard InChI is InChI=1S/C7H17NO3S/c1-2-4-12(10,11)5-3-7(8)6-9/h7,9H,2-6,8H2,1H3. The minimum Gasteiger partial charge on any atom is -0.395 e. The lowest BCUT2D eigenvalue weighted by Gasteiger charge is -2.07. The molecular formula is C7H17NO3S. The molecule has 0 aromatic carbocycles. The Bertz CT molecular complexity index is 201. The Kier molecular flexibility index (Phi) is 5.44. The molecule has 0 saturated heterocycles. The molecule has 0 heterocycles. The molecule has 4 nitrogen and oxygen atoms in total. The van der Waals surface area contributed by atoms with Crippen molar-refractivity contribution in [2.24, 2.45) is 5.73 Å². The van der Waals surface area contributed by atoms with Crippen LogP contribution in [0.1, 0.15) is 19.8 Å². The number of aliphatic hydroxyl groups excluding tert-OH is 1. The summed E-state index contributed by atoms with van der Waals surface area (Å²) in [4.78, 5) is 0. The van der Waals surface area contributed by atoms with Gasteiger partial charge in [0.2, 0.25) is 0 Å². The van der Waals surface area contributed by atoms with E-state index >= 15 is 0 Å². The topological polar surface area (TPSA) is 80.4 Å². The highest BCUT2D eigenvalue weighted by Gasteiger charge is 2.11. The van der Waals surface area contributed by atoms with E-state index in [0.717, 1.165) is 0 Å². The average Bonchev–Trinajstić information content (AvgIpc) is 2.00. The van der Waals surface area contributed by atoms with Crippen LogP contribution in [0, 0.1) is 0 Å². The predicted octanol–water partition coefficient (Wildman–Crippen LogP) is -0.479. The summed E-state index contributed by atoms with van der Waals surface area (Å²) >= 11 is 0. The summed E-state index contributed by atoms with van der Waals surface area (Å²) in [5.41, 5.74) is 5.36. The van der Waals surface area contributed by atoms with E-state index in [2.05, 4.69) is 0 Å². The van der Waals surface area contributed by atoms with Crippen LogP contribution in [0.25, 0.3) is 0 Å². The molecule has 0 aliphatic rings. The lowest BCUT2D eigenvalue weighted by atomic mass is 10.3. The van der Waals surface area contributed by atoms with Crippen LogP contribution in [-0.2, 0) is 9.84 Å². The van der Waals surface area contributed by atoms with Crippen molar-refractivity contribution < 1.29 is 13.5 Å². The van der Waals surface area contributed by atoms with Crippen molar-refractivity contribution >= 4 is 9.84 Å². The number of rotatable bonds is 6.